The quantitative estimate of drug-likeness (QED) is 0.918. The van der Waals surface area contributed by atoms with Crippen LogP contribution < -0.4 is 5.32 Å². The summed E-state index contributed by atoms with van der Waals surface area (Å²) in [6.07, 6.45) is 8.95. The number of rotatable bonds is 3. The average molecular weight is 289 g/mol. The van der Waals surface area contributed by atoms with Crippen molar-refractivity contribution in [3.63, 3.8) is 0 Å². The van der Waals surface area contributed by atoms with Gasteiger partial charge in [-0.2, -0.15) is 0 Å². The van der Waals surface area contributed by atoms with Crippen LogP contribution in [0.15, 0.2) is 0 Å². The Kier molecular flexibility index (Phi) is 3.80. The largest absolute Gasteiger partial charge is 0.311 e. The van der Waals surface area contributed by atoms with Gasteiger partial charge in [0.2, 0.25) is 11.9 Å². The molecule has 0 unspecified atom stereocenters. The summed E-state index contributed by atoms with van der Waals surface area (Å²) in [5.74, 6) is 0.895. The summed E-state index contributed by atoms with van der Waals surface area (Å²) in [5, 5.41) is 3.09. The maximum atomic E-state index is 12.3. The van der Waals surface area contributed by atoms with Crippen LogP contribution in [0.1, 0.15) is 76.7 Å². The highest BCUT2D eigenvalue weighted by Gasteiger charge is 2.29. The van der Waals surface area contributed by atoms with Crippen LogP contribution in [0, 0.1) is 5.41 Å². The fraction of sp³-hybridized carbons (Fsp3) is 0.765. The highest BCUT2D eigenvalue weighted by molar-refractivity contribution is 5.89. The van der Waals surface area contributed by atoms with Gasteiger partial charge in [0.05, 0.1) is 5.69 Å². The van der Waals surface area contributed by atoms with Gasteiger partial charge in [-0.25, -0.2) is 4.98 Å². The fourth-order valence-corrected chi connectivity index (χ4v) is 3.34. The van der Waals surface area contributed by atoms with E-state index in [-0.39, 0.29) is 11.3 Å². The van der Waals surface area contributed by atoms with Crippen LogP contribution in [-0.2, 0) is 17.6 Å². The van der Waals surface area contributed by atoms with Crippen LogP contribution in [0.5, 0.6) is 0 Å². The van der Waals surface area contributed by atoms with E-state index in [0.717, 1.165) is 18.8 Å². The van der Waals surface area contributed by atoms with Crippen LogP contribution in [0.2, 0.25) is 0 Å². The van der Waals surface area contributed by atoms with Crippen LogP contribution in [0.25, 0.3) is 0 Å². The Morgan fingerprint density at radius 2 is 1.95 bits per heavy atom. The van der Waals surface area contributed by atoms with Crippen molar-refractivity contribution in [3.8, 4) is 0 Å². The minimum atomic E-state index is 0.0115. The molecule has 0 atom stereocenters. The Labute approximate surface area is 127 Å². The number of aryl methyl sites for hydroxylation is 1. The number of carbonyl (C=O) groups excluding carboxylic acids is 1. The van der Waals surface area contributed by atoms with Gasteiger partial charge in [-0.15, -0.1) is 0 Å². The van der Waals surface area contributed by atoms with E-state index in [0.29, 0.717) is 12.5 Å². The third kappa shape index (κ3) is 3.14. The highest BCUT2D eigenvalue weighted by atomic mass is 16.1. The second-order valence-corrected chi connectivity index (χ2v) is 7.78. The van der Waals surface area contributed by atoms with E-state index in [9.17, 15) is 4.79 Å². The summed E-state index contributed by atoms with van der Waals surface area (Å²) >= 11 is 0. The number of carbonyl (C=O) groups is 1. The zero-order chi connectivity index (χ0) is 15.0. The molecule has 1 N–H and O–H groups in total. The number of amides is 1. The smallest absolute Gasteiger partial charge is 0.227 e. The first-order chi connectivity index (χ1) is 9.94. The molecular formula is C17H27N3O. The first kappa shape index (κ1) is 14.6. The van der Waals surface area contributed by atoms with E-state index in [4.69, 9.17) is 4.98 Å². The topological polar surface area (TPSA) is 46.9 Å². The third-order valence-corrected chi connectivity index (χ3v) is 4.55. The first-order valence-electron chi connectivity index (χ1n) is 8.34. The molecule has 1 aromatic heterocycles. The number of hydrogen-bond acceptors (Lipinski definition) is 2. The Hall–Kier alpha value is -1.32. The van der Waals surface area contributed by atoms with E-state index < -0.39 is 0 Å². The Morgan fingerprint density at radius 3 is 2.57 bits per heavy atom. The van der Waals surface area contributed by atoms with Gasteiger partial charge in [-0.1, -0.05) is 20.8 Å². The predicted molar refractivity (Wildman–Crippen MR) is 84.5 cm³/mol. The molecule has 0 bridgehead atoms. The van der Waals surface area contributed by atoms with Gasteiger partial charge in [0, 0.05) is 18.2 Å². The molecule has 116 valence electrons. The molecule has 4 nitrogen and oxygen atoms in total. The molecule has 4 heteroatoms. The van der Waals surface area contributed by atoms with Crippen molar-refractivity contribution in [3.05, 3.63) is 11.4 Å². The minimum Gasteiger partial charge on any atom is -0.311 e. The highest BCUT2D eigenvalue weighted by Crippen LogP contribution is 2.38. The van der Waals surface area contributed by atoms with Crippen LogP contribution >= 0.6 is 0 Å². The molecule has 0 saturated heterocycles. The maximum Gasteiger partial charge on any atom is 0.227 e. The van der Waals surface area contributed by atoms with Gasteiger partial charge in [0.15, 0.2) is 0 Å². The Balaban J connectivity index is 1.83. The third-order valence-electron chi connectivity index (χ3n) is 4.55. The number of fused-ring (bicyclic) bond motifs is 1. The number of anilines is 1. The molecule has 1 saturated carbocycles. The molecule has 3 rings (SSSR count). The van der Waals surface area contributed by atoms with Gasteiger partial charge in [0.25, 0.3) is 0 Å². The lowest BCUT2D eigenvalue weighted by Crippen LogP contribution is -2.25. The number of nitrogens with zero attached hydrogens (tertiary/aromatic N) is 2. The summed E-state index contributed by atoms with van der Waals surface area (Å²) in [5.41, 5.74) is 2.62. The van der Waals surface area contributed by atoms with Gasteiger partial charge >= 0.3 is 0 Å². The summed E-state index contributed by atoms with van der Waals surface area (Å²) in [6, 6.07) is 0.560. The molecule has 2 aliphatic rings. The Bertz CT molecular complexity index is 535. The normalized spacial score (nSPS) is 19.0. The average Bonchev–Trinajstić information content (AvgIpc) is 2.63. The molecule has 21 heavy (non-hydrogen) atoms. The summed E-state index contributed by atoms with van der Waals surface area (Å²) in [6.45, 7) is 6.28. The maximum absolute atomic E-state index is 12.3. The SMILES string of the molecule is CC(C)(C)CC(=O)Nc1nc2c(n1C1CCC1)CCCC2. The molecule has 0 radical (unpaired) electrons. The number of hydrogen-bond donors (Lipinski definition) is 1. The van der Waals surface area contributed by atoms with Crippen molar-refractivity contribution < 1.29 is 4.79 Å². The molecular weight excluding hydrogens is 262 g/mol. The number of nitrogens with one attached hydrogen (secondary N) is 1. The van der Waals surface area contributed by atoms with Crippen LogP contribution in [0.4, 0.5) is 5.95 Å². The Morgan fingerprint density at radius 1 is 1.24 bits per heavy atom. The van der Waals surface area contributed by atoms with Crippen molar-refractivity contribution in [1.82, 2.24) is 9.55 Å². The zero-order valence-corrected chi connectivity index (χ0v) is 13.5. The second kappa shape index (κ2) is 5.47. The summed E-state index contributed by atoms with van der Waals surface area (Å²) in [7, 11) is 0. The summed E-state index contributed by atoms with van der Waals surface area (Å²) in [4.78, 5) is 17.0. The number of imidazole rings is 1. The van der Waals surface area contributed by atoms with Gasteiger partial charge < -0.3 is 4.57 Å². The van der Waals surface area contributed by atoms with Crippen LogP contribution in [0.3, 0.4) is 0 Å². The molecule has 2 aliphatic carbocycles. The van der Waals surface area contributed by atoms with Crippen LogP contribution in [-0.4, -0.2) is 15.5 Å². The number of aromatic nitrogens is 2. The standard InChI is InChI=1S/C17H27N3O/c1-17(2,3)11-15(21)19-16-18-13-9-4-5-10-14(13)20(16)12-7-6-8-12/h12H,4-11H2,1-3H3,(H,18,19,21). The zero-order valence-electron chi connectivity index (χ0n) is 13.5. The second-order valence-electron chi connectivity index (χ2n) is 7.78. The molecule has 1 amide bonds. The minimum absolute atomic E-state index is 0.0115. The van der Waals surface area contributed by atoms with Crippen molar-refractivity contribution in [2.24, 2.45) is 5.41 Å². The lowest BCUT2D eigenvalue weighted by molar-refractivity contribution is -0.117. The predicted octanol–water partition coefficient (Wildman–Crippen LogP) is 3.86. The molecule has 0 aromatic carbocycles. The van der Waals surface area contributed by atoms with Crippen molar-refractivity contribution in [2.45, 2.75) is 78.2 Å². The van der Waals surface area contributed by atoms with Crippen molar-refractivity contribution >= 4 is 11.9 Å². The lowest BCUT2D eigenvalue weighted by atomic mass is 9.91. The van der Waals surface area contributed by atoms with Crippen molar-refractivity contribution in [2.75, 3.05) is 5.32 Å². The fourth-order valence-electron chi connectivity index (χ4n) is 3.34. The monoisotopic (exact) mass is 289 g/mol. The van der Waals surface area contributed by atoms with E-state index >= 15 is 0 Å². The van der Waals surface area contributed by atoms with E-state index in [2.05, 4.69) is 30.7 Å². The van der Waals surface area contributed by atoms with Gasteiger partial charge in [-0.3, -0.25) is 10.1 Å². The van der Waals surface area contributed by atoms with E-state index in [1.165, 1.54) is 43.5 Å². The molecule has 0 spiro atoms. The molecule has 1 heterocycles. The molecule has 1 aromatic rings. The van der Waals surface area contributed by atoms with E-state index in [1.807, 2.05) is 0 Å². The van der Waals surface area contributed by atoms with E-state index in [1.54, 1.807) is 0 Å². The lowest BCUT2D eigenvalue weighted by Gasteiger charge is -2.31. The van der Waals surface area contributed by atoms with Gasteiger partial charge in [-0.05, 0) is 50.4 Å². The van der Waals surface area contributed by atoms with Crippen molar-refractivity contribution in [1.29, 1.82) is 0 Å². The first-order valence-corrected chi connectivity index (χ1v) is 8.34. The van der Waals surface area contributed by atoms with Gasteiger partial charge in [0.1, 0.15) is 0 Å². The summed E-state index contributed by atoms with van der Waals surface area (Å²) < 4.78 is 2.35. The molecule has 0 aliphatic heterocycles. The molecule has 1 fully saturated rings.